The molecule has 1 saturated heterocycles. The minimum absolute atomic E-state index is 0.514. The van der Waals surface area contributed by atoms with Crippen molar-refractivity contribution in [1.29, 1.82) is 0 Å². The van der Waals surface area contributed by atoms with E-state index in [2.05, 4.69) is 29.3 Å². The van der Waals surface area contributed by atoms with Gasteiger partial charge in [0.05, 0.1) is 6.10 Å². The summed E-state index contributed by atoms with van der Waals surface area (Å²) in [4.78, 5) is 2.38. The summed E-state index contributed by atoms with van der Waals surface area (Å²) in [6.07, 6.45) is 2.88. The number of hydrogen-bond acceptors (Lipinski definition) is 4. The monoisotopic (exact) mass is 213 g/mol. The molecule has 1 aliphatic heterocycles. The predicted molar refractivity (Wildman–Crippen MR) is 60.6 cm³/mol. The van der Waals surface area contributed by atoms with Crippen LogP contribution in [0.3, 0.4) is 0 Å². The Kier molecular flexibility index (Phi) is 3.97. The minimum Gasteiger partial charge on any atom is -0.378 e. The fourth-order valence-corrected chi connectivity index (χ4v) is 2.24. The van der Waals surface area contributed by atoms with Gasteiger partial charge in [-0.05, 0) is 26.8 Å². The molecule has 1 aliphatic carbocycles. The Balaban J connectivity index is 1.59. The quantitative estimate of drug-likeness (QED) is 0.727. The molecule has 2 rings (SSSR count). The number of nitrogens with zero attached hydrogens (tertiary/aromatic N) is 2. The van der Waals surface area contributed by atoms with E-state index in [0.717, 1.165) is 19.7 Å². The summed E-state index contributed by atoms with van der Waals surface area (Å²) >= 11 is 0. The van der Waals surface area contributed by atoms with Crippen LogP contribution in [0.15, 0.2) is 0 Å². The Bertz CT molecular complexity index is 186. The average Bonchev–Trinajstić information content (AvgIpc) is 2.18. The first-order valence-electron chi connectivity index (χ1n) is 6.09. The second-order valence-electron chi connectivity index (χ2n) is 4.67. The first-order valence-corrected chi connectivity index (χ1v) is 6.09. The summed E-state index contributed by atoms with van der Waals surface area (Å²) in [6, 6.07) is 0.657. The number of hydrazine groups is 1. The van der Waals surface area contributed by atoms with Gasteiger partial charge in [0.25, 0.3) is 0 Å². The maximum absolute atomic E-state index is 5.55. The molecule has 2 fully saturated rings. The van der Waals surface area contributed by atoms with Gasteiger partial charge in [0.2, 0.25) is 0 Å². The highest BCUT2D eigenvalue weighted by molar-refractivity contribution is 4.85. The molecule has 0 aromatic carbocycles. The second kappa shape index (κ2) is 5.25. The Morgan fingerprint density at radius 1 is 1.20 bits per heavy atom. The van der Waals surface area contributed by atoms with Gasteiger partial charge in [-0.15, -0.1) is 0 Å². The van der Waals surface area contributed by atoms with Gasteiger partial charge >= 0.3 is 0 Å². The van der Waals surface area contributed by atoms with Crippen LogP contribution in [0.1, 0.15) is 19.8 Å². The van der Waals surface area contributed by atoms with Crippen molar-refractivity contribution in [2.75, 3.05) is 39.8 Å². The van der Waals surface area contributed by atoms with Crippen molar-refractivity contribution in [2.24, 2.45) is 0 Å². The number of nitrogens with one attached hydrogen (secondary N) is 1. The zero-order valence-corrected chi connectivity index (χ0v) is 9.91. The molecule has 0 aromatic rings. The van der Waals surface area contributed by atoms with Crippen LogP contribution in [0.2, 0.25) is 0 Å². The molecule has 0 aromatic heterocycles. The largest absolute Gasteiger partial charge is 0.378 e. The van der Waals surface area contributed by atoms with Crippen LogP contribution in [0.4, 0.5) is 0 Å². The molecule has 15 heavy (non-hydrogen) atoms. The average molecular weight is 213 g/mol. The molecule has 0 atom stereocenters. The lowest BCUT2D eigenvalue weighted by Crippen LogP contribution is -2.57. The molecule has 0 radical (unpaired) electrons. The van der Waals surface area contributed by atoms with E-state index in [1.54, 1.807) is 0 Å². The van der Waals surface area contributed by atoms with Crippen molar-refractivity contribution < 1.29 is 4.74 Å². The summed E-state index contributed by atoms with van der Waals surface area (Å²) in [7, 11) is 2.19. The van der Waals surface area contributed by atoms with E-state index in [1.165, 1.54) is 25.9 Å². The molecule has 0 spiro atoms. The maximum Gasteiger partial charge on any atom is 0.0605 e. The van der Waals surface area contributed by atoms with E-state index in [-0.39, 0.29) is 0 Å². The lowest BCUT2D eigenvalue weighted by atomic mass is 9.90. The van der Waals surface area contributed by atoms with Crippen molar-refractivity contribution in [3.05, 3.63) is 0 Å². The Labute approximate surface area is 92.5 Å². The summed E-state index contributed by atoms with van der Waals surface area (Å²) in [5.74, 6) is 0. The summed E-state index contributed by atoms with van der Waals surface area (Å²) in [5.41, 5.74) is 3.59. The third kappa shape index (κ3) is 3.14. The zero-order chi connectivity index (χ0) is 10.7. The molecule has 4 nitrogen and oxygen atoms in total. The van der Waals surface area contributed by atoms with E-state index < -0.39 is 0 Å². The van der Waals surface area contributed by atoms with E-state index in [0.29, 0.717) is 12.1 Å². The molecular weight excluding hydrogens is 190 g/mol. The van der Waals surface area contributed by atoms with Crippen LogP contribution in [-0.2, 0) is 4.74 Å². The van der Waals surface area contributed by atoms with Gasteiger partial charge in [-0.3, -0.25) is 5.43 Å². The Morgan fingerprint density at radius 2 is 1.87 bits per heavy atom. The van der Waals surface area contributed by atoms with Gasteiger partial charge < -0.3 is 9.64 Å². The highest BCUT2D eigenvalue weighted by Gasteiger charge is 2.31. The number of hydrogen-bond donors (Lipinski definition) is 1. The van der Waals surface area contributed by atoms with Gasteiger partial charge in [-0.1, -0.05) is 0 Å². The topological polar surface area (TPSA) is 27.7 Å². The summed E-state index contributed by atoms with van der Waals surface area (Å²) in [5, 5.41) is 2.37. The molecule has 4 heteroatoms. The van der Waals surface area contributed by atoms with Crippen LogP contribution < -0.4 is 5.43 Å². The van der Waals surface area contributed by atoms with Gasteiger partial charge in [0.1, 0.15) is 0 Å². The minimum atomic E-state index is 0.514. The molecule has 0 bridgehead atoms. The molecule has 1 saturated carbocycles. The summed E-state index contributed by atoms with van der Waals surface area (Å²) < 4.78 is 5.55. The molecule has 1 N–H and O–H groups in total. The van der Waals surface area contributed by atoms with E-state index in [9.17, 15) is 0 Å². The maximum atomic E-state index is 5.55. The van der Waals surface area contributed by atoms with Crippen LogP contribution >= 0.6 is 0 Å². The standard InChI is InChI=1S/C11H23N3O/c1-3-15-11-8-10(9-11)12-14-6-4-13(2)5-7-14/h10-12H,3-9H2,1-2H3. The van der Waals surface area contributed by atoms with Crippen molar-refractivity contribution in [1.82, 2.24) is 15.3 Å². The number of likely N-dealkylation sites (N-methyl/N-ethyl adjacent to an activating group) is 1. The number of piperazine rings is 1. The Morgan fingerprint density at radius 3 is 2.47 bits per heavy atom. The molecule has 1 heterocycles. The third-order valence-electron chi connectivity index (χ3n) is 3.37. The molecule has 0 unspecified atom stereocenters. The van der Waals surface area contributed by atoms with E-state index in [4.69, 9.17) is 4.74 Å². The third-order valence-corrected chi connectivity index (χ3v) is 3.37. The first-order chi connectivity index (χ1) is 7.28. The van der Waals surface area contributed by atoms with Crippen molar-refractivity contribution in [3.63, 3.8) is 0 Å². The lowest BCUT2D eigenvalue weighted by Gasteiger charge is -2.41. The van der Waals surface area contributed by atoms with Crippen molar-refractivity contribution in [2.45, 2.75) is 31.9 Å². The van der Waals surface area contributed by atoms with Gasteiger partial charge in [0.15, 0.2) is 0 Å². The number of ether oxygens (including phenoxy) is 1. The smallest absolute Gasteiger partial charge is 0.0605 e. The predicted octanol–water partition coefficient (Wildman–Crippen LogP) is 0.306. The zero-order valence-electron chi connectivity index (χ0n) is 9.91. The molecule has 0 amide bonds. The molecule has 2 aliphatic rings. The second-order valence-corrected chi connectivity index (χ2v) is 4.67. The van der Waals surface area contributed by atoms with E-state index >= 15 is 0 Å². The fourth-order valence-electron chi connectivity index (χ4n) is 2.24. The summed E-state index contributed by atoms with van der Waals surface area (Å²) in [6.45, 7) is 7.56. The van der Waals surface area contributed by atoms with Crippen LogP contribution in [0.5, 0.6) is 0 Å². The fraction of sp³-hybridized carbons (Fsp3) is 1.00. The van der Waals surface area contributed by atoms with E-state index in [1.807, 2.05) is 0 Å². The van der Waals surface area contributed by atoms with Crippen LogP contribution in [0, 0.1) is 0 Å². The highest BCUT2D eigenvalue weighted by Crippen LogP contribution is 2.23. The SMILES string of the molecule is CCOC1CC(NN2CCN(C)CC2)C1. The van der Waals surface area contributed by atoms with Gasteiger partial charge in [0, 0.05) is 38.8 Å². The molecule has 88 valence electrons. The highest BCUT2D eigenvalue weighted by atomic mass is 16.5. The van der Waals surface area contributed by atoms with Gasteiger partial charge in [-0.2, -0.15) is 0 Å². The van der Waals surface area contributed by atoms with Crippen LogP contribution in [-0.4, -0.2) is 61.9 Å². The normalized spacial score (nSPS) is 34.0. The Hall–Kier alpha value is -0.160. The number of rotatable bonds is 4. The van der Waals surface area contributed by atoms with Crippen LogP contribution in [0.25, 0.3) is 0 Å². The molecular formula is C11H23N3O. The lowest BCUT2D eigenvalue weighted by molar-refractivity contribution is -0.0363. The van der Waals surface area contributed by atoms with Crippen molar-refractivity contribution in [3.8, 4) is 0 Å². The first kappa shape index (κ1) is 11.3. The van der Waals surface area contributed by atoms with Crippen molar-refractivity contribution >= 4 is 0 Å². The van der Waals surface area contributed by atoms with Gasteiger partial charge in [-0.25, -0.2) is 5.01 Å².